The van der Waals surface area contributed by atoms with Crippen LogP contribution in [-0.4, -0.2) is 22.7 Å². The lowest BCUT2D eigenvalue weighted by Crippen LogP contribution is -2.23. The number of hydrogen-bond donors (Lipinski definition) is 3. The standard InChI is InChI=1S/C25H20N4O3S/c30-23(18-6-8-20(9-7-18)28-25(32)22-5-2-14-33-22)27-16-17-3-1-4-21(15-17)29-24(31)19-10-12-26-13-11-19/h1-15H,16H2,(H,27,30)(H,28,32)(H,29,31). The van der Waals surface area contributed by atoms with Gasteiger partial charge in [-0.2, -0.15) is 0 Å². The number of pyridine rings is 1. The molecular formula is C25H20N4O3S. The van der Waals surface area contributed by atoms with Crippen molar-refractivity contribution in [1.82, 2.24) is 10.3 Å². The number of nitrogens with zero attached hydrogens (tertiary/aromatic N) is 1. The molecule has 3 N–H and O–H groups in total. The lowest BCUT2D eigenvalue weighted by atomic mass is 10.1. The Morgan fingerprint density at radius 3 is 2.18 bits per heavy atom. The maximum Gasteiger partial charge on any atom is 0.265 e. The smallest absolute Gasteiger partial charge is 0.265 e. The van der Waals surface area contributed by atoms with Crippen LogP contribution in [0.3, 0.4) is 0 Å². The maximum absolute atomic E-state index is 12.5. The molecule has 0 saturated carbocycles. The summed E-state index contributed by atoms with van der Waals surface area (Å²) in [7, 11) is 0. The quantitative estimate of drug-likeness (QED) is 0.379. The highest BCUT2D eigenvalue weighted by Gasteiger charge is 2.10. The maximum atomic E-state index is 12.5. The number of hydrogen-bond acceptors (Lipinski definition) is 5. The van der Waals surface area contributed by atoms with Gasteiger partial charge in [0.1, 0.15) is 0 Å². The van der Waals surface area contributed by atoms with Crippen LogP contribution >= 0.6 is 11.3 Å². The van der Waals surface area contributed by atoms with Gasteiger partial charge in [0, 0.05) is 41.4 Å². The van der Waals surface area contributed by atoms with Crippen molar-refractivity contribution in [2.24, 2.45) is 0 Å². The van der Waals surface area contributed by atoms with Crippen molar-refractivity contribution in [2.75, 3.05) is 10.6 Å². The molecule has 164 valence electrons. The number of nitrogens with one attached hydrogen (secondary N) is 3. The molecule has 0 aliphatic rings. The van der Waals surface area contributed by atoms with Crippen molar-refractivity contribution >= 4 is 40.4 Å². The Morgan fingerprint density at radius 1 is 0.727 bits per heavy atom. The van der Waals surface area contributed by atoms with Crippen molar-refractivity contribution in [3.8, 4) is 0 Å². The predicted molar refractivity (Wildman–Crippen MR) is 129 cm³/mol. The van der Waals surface area contributed by atoms with Gasteiger partial charge in [-0.1, -0.05) is 18.2 Å². The number of thiophene rings is 1. The summed E-state index contributed by atoms with van der Waals surface area (Å²) in [6.07, 6.45) is 3.12. The Morgan fingerprint density at radius 2 is 1.45 bits per heavy atom. The Balaban J connectivity index is 1.31. The molecule has 0 fully saturated rings. The van der Waals surface area contributed by atoms with Crippen LogP contribution in [0.25, 0.3) is 0 Å². The van der Waals surface area contributed by atoms with E-state index in [9.17, 15) is 14.4 Å². The van der Waals surface area contributed by atoms with E-state index in [2.05, 4.69) is 20.9 Å². The molecule has 3 amide bonds. The third-order valence-electron chi connectivity index (χ3n) is 4.73. The van der Waals surface area contributed by atoms with Crippen molar-refractivity contribution in [2.45, 2.75) is 6.54 Å². The fourth-order valence-electron chi connectivity index (χ4n) is 3.06. The van der Waals surface area contributed by atoms with Gasteiger partial charge in [0.25, 0.3) is 17.7 Å². The summed E-state index contributed by atoms with van der Waals surface area (Å²) in [5.74, 6) is -0.652. The van der Waals surface area contributed by atoms with Gasteiger partial charge in [0.15, 0.2) is 0 Å². The molecule has 33 heavy (non-hydrogen) atoms. The van der Waals surface area contributed by atoms with Crippen LogP contribution in [0.1, 0.15) is 36.0 Å². The van der Waals surface area contributed by atoms with Crippen LogP contribution < -0.4 is 16.0 Å². The molecule has 0 bridgehead atoms. The Labute approximate surface area is 194 Å². The Kier molecular flexibility index (Phi) is 6.87. The number of amides is 3. The second kappa shape index (κ2) is 10.3. The highest BCUT2D eigenvalue weighted by Crippen LogP contribution is 2.15. The molecule has 0 aliphatic carbocycles. The SMILES string of the molecule is O=C(NCc1cccc(NC(=O)c2ccncc2)c1)c1ccc(NC(=O)c2cccs2)cc1. The summed E-state index contributed by atoms with van der Waals surface area (Å²) in [6.45, 7) is 0.300. The molecule has 0 spiro atoms. The highest BCUT2D eigenvalue weighted by atomic mass is 32.1. The lowest BCUT2D eigenvalue weighted by Gasteiger charge is -2.09. The number of carbonyl (C=O) groups is 3. The van der Waals surface area contributed by atoms with E-state index in [1.54, 1.807) is 60.9 Å². The molecule has 4 aromatic rings. The minimum absolute atomic E-state index is 0.182. The average Bonchev–Trinajstić information content (AvgIpc) is 3.39. The first-order valence-corrected chi connectivity index (χ1v) is 11.0. The van der Waals surface area contributed by atoms with E-state index in [4.69, 9.17) is 0 Å². The number of anilines is 2. The van der Waals surface area contributed by atoms with Gasteiger partial charge >= 0.3 is 0 Å². The fraction of sp³-hybridized carbons (Fsp3) is 0.0400. The zero-order valence-corrected chi connectivity index (χ0v) is 18.3. The Hall–Kier alpha value is -4.30. The summed E-state index contributed by atoms with van der Waals surface area (Å²) in [5.41, 5.74) is 3.08. The molecule has 7 nitrogen and oxygen atoms in total. The molecule has 0 unspecified atom stereocenters. The zero-order chi connectivity index (χ0) is 23.0. The number of benzene rings is 2. The minimum Gasteiger partial charge on any atom is -0.348 e. The average molecular weight is 457 g/mol. The van der Waals surface area contributed by atoms with Gasteiger partial charge in [0.2, 0.25) is 0 Å². The molecule has 0 aliphatic heterocycles. The summed E-state index contributed by atoms with van der Waals surface area (Å²) >= 11 is 1.36. The minimum atomic E-state index is -0.239. The van der Waals surface area contributed by atoms with Crippen LogP contribution in [0.15, 0.2) is 90.6 Å². The molecule has 0 atom stereocenters. The fourth-order valence-corrected chi connectivity index (χ4v) is 3.67. The second-order valence-corrected chi connectivity index (χ2v) is 8.03. The monoisotopic (exact) mass is 456 g/mol. The van der Waals surface area contributed by atoms with Gasteiger partial charge in [-0.05, 0) is 65.5 Å². The van der Waals surface area contributed by atoms with Gasteiger partial charge in [-0.15, -0.1) is 11.3 Å². The molecule has 2 aromatic heterocycles. The topological polar surface area (TPSA) is 100 Å². The summed E-state index contributed by atoms with van der Waals surface area (Å²) in [4.78, 5) is 41.5. The third kappa shape index (κ3) is 5.90. The molecule has 0 radical (unpaired) electrons. The summed E-state index contributed by atoms with van der Waals surface area (Å²) < 4.78 is 0. The zero-order valence-electron chi connectivity index (χ0n) is 17.4. The first-order valence-electron chi connectivity index (χ1n) is 10.1. The van der Waals surface area contributed by atoms with Crippen LogP contribution in [0.5, 0.6) is 0 Å². The highest BCUT2D eigenvalue weighted by molar-refractivity contribution is 7.12. The van der Waals surface area contributed by atoms with E-state index in [1.807, 2.05) is 29.6 Å². The first-order chi connectivity index (χ1) is 16.1. The molecule has 4 rings (SSSR count). The number of aromatic nitrogens is 1. The van der Waals surface area contributed by atoms with E-state index in [1.165, 1.54) is 11.3 Å². The van der Waals surface area contributed by atoms with Crippen molar-refractivity contribution < 1.29 is 14.4 Å². The third-order valence-corrected chi connectivity index (χ3v) is 5.60. The van der Waals surface area contributed by atoms with Crippen molar-refractivity contribution in [1.29, 1.82) is 0 Å². The number of rotatable bonds is 7. The Bertz CT molecular complexity index is 1260. The summed E-state index contributed by atoms with van der Waals surface area (Å²) in [5, 5.41) is 10.3. The molecule has 8 heteroatoms. The van der Waals surface area contributed by atoms with E-state index in [0.29, 0.717) is 33.9 Å². The second-order valence-electron chi connectivity index (χ2n) is 7.08. The largest absolute Gasteiger partial charge is 0.348 e. The first kappa shape index (κ1) is 21.9. The van der Waals surface area contributed by atoms with E-state index in [0.717, 1.165) is 5.56 Å². The molecular weight excluding hydrogens is 436 g/mol. The normalized spacial score (nSPS) is 10.3. The predicted octanol–water partition coefficient (Wildman–Crippen LogP) is 4.58. The molecule has 0 saturated heterocycles. The molecule has 2 aromatic carbocycles. The van der Waals surface area contributed by atoms with Crippen LogP contribution in [0, 0.1) is 0 Å². The van der Waals surface area contributed by atoms with E-state index < -0.39 is 0 Å². The summed E-state index contributed by atoms with van der Waals surface area (Å²) in [6, 6.07) is 20.8. The number of carbonyl (C=O) groups excluding carboxylic acids is 3. The van der Waals surface area contributed by atoms with E-state index in [-0.39, 0.29) is 17.7 Å². The van der Waals surface area contributed by atoms with Gasteiger partial charge in [-0.25, -0.2) is 0 Å². The van der Waals surface area contributed by atoms with Crippen molar-refractivity contribution in [3.05, 3.63) is 112 Å². The van der Waals surface area contributed by atoms with Crippen LogP contribution in [0.4, 0.5) is 11.4 Å². The van der Waals surface area contributed by atoms with Crippen LogP contribution in [-0.2, 0) is 6.54 Å². The molecule has 2 heterocycles. The van der Waals surface area contributed by atoms with Gasteiger partial charge in [-0.3, -0.25) is 19.4 Å². The van der Waals surface area contributed by atoms with Gasteiger partial charge < -0.3 is 16.0 Å². The van der Waals surface area contributed by atoms with Crippen molar-refractivity contribution in [3.63, 3.8) is 0 Å². The van der Waals surface area contributed by atoms with Gasteiger partial charge in [0.05, 0.1) is 4.88 Å². The van der Waals surface area contributed by atoms with Crippen LogP contribution in [0.2, 0.25) is 0 Å². The lowest BCUT2D eigenvalue weighted by molar-refractivity contribution is 0.0949. The van der Waals surface area contributed by atoms with E-state index >= 15 is 0 Å².